The van der Waals surface area contributed by atoms with Gasteiger partial charge in [-0.2, -0.15) is 0 Å². The van der Waals surface area contributed by atoms with Crippen molar-refractivity contribution in [3.05, 3.63) is 54.4 Å². The molecular weight excluding hydrogens is 455 g/mol. The number of halogens is 4. The maximum absolute atomic E-state index is 12.4. The summed E-state index contributed by atoms with van der Waals surface area (Å²) in [4.78, 5) is 11.1. The average Bonchev–Trinajstić information content (AvgIpc) is 3.34. The van der Waals surface area contributed by atoms with E-state index in [0.717, 1.165) is 17.9 Å². The smallest absolute Gasteiger partial charge is 0.455 e. The summed E-state index contributed by atoms with van der Waals surface area (Å²) < 4.78 is 47.0. The Bertz CT molecular complexity index is 1010. The van der Waals surface area contributed by atoms with Gasteiger partial charge in [-0.05, 0) is 55.2 Å². The van der Waals surface area contributed by atoms with Crippen molar-refractivity contribution in [2.75, 3.05) is 6.54 Å². The van der Waals surface area contributed by atoms with E-state index in [0.29, 0.717) is 23.1 Å². The summed E-state index contributed by atoms with van der Waals surface area (Å²) in [6.07, 6.45) is 6.46. The van der Waals surface area contributed by atoms with E-state index < -0.39 is 6.36 Å². The molecule has 0 radical (unpaired) electrons. The molecule has 0 atom stereocenters. The molecule has 0 unspecified atom stereocenters. The Morgan fingerprint density at radius 1 is 0.970 bits per heavy atom. The topological polar surface area (TPSA) is 62.4 Å². The van der Waals surface area contributed by atoms with Gasteiger partial charge in [-0.25, -0.2) is 0 Å². The van der Waals surface area contributed by atoms with Crippen LogP contribution in [0, 0.1) is 5.92 Å². The summed E-state index contributed by atoms with van der Waals surface area (Å²) in [6, 6.07) is 11.0. The Kier molecular flexibility index (Phi) is 8.49. The lowest BCUT2D eigenvalue weighted by Gasteiger charge is -2.10. The SMILES string of the molecule is Cl.FC(F)(F)Oc1ccc(Oc2cc(-c3ccc[nH]3)[nH]c2C=NCC2CCCCCC2)cc1. The predicted octanol–water partition coefficient (Wildman–Crippen LogP) is 7.51. The minimum absolute atomic E-state index is 0. The lowest BCUT2D eigenvalue weighted by Crippen LogP contribution is -2.16. The van der Waals surface area contributed by atoms with Crippen molar-refractivity contribution >= 4 is 18.6 Å². The molecule has 2 aromatic heterocycles. The number of H-pyrrole nitrogens is 2. The van der Waals surface area contributed by atoms with E-state index in [1.54, 1.807) is 6.21 Å². The number of hydrogen-bond donors (Lipinski definition) is 2. The molecule has 0 amide bonds. The van der Waals surface area contributed by atoms with Crippen molar-refractivity contribution in [2.24, 2.45) is 10.9 Å². The van der Waals surface area contributed by atoms with Crippen LogP contribution in [0.4, 0.5) is 13.2 Å². The maximum Gasteiger partial charge on any atom is 0.573 e. The Hall–Kier alpha value is -2.87. The fourth-order valence-electron chi connectivity index (χ4n) is 3.95. The van der Waals surface area contributed by atoms with Crippen LogP contribution in [0.1, 0.15) is 44.2 Å². The van der Waals surface area contributed by atoms with Crippen molar-refractivity contribution in [1.29, 1.82) is 0 Å². The summed E-state index contributed by atoms with van der Waals surface area (Å²) in [6.45, 7) is 0.778. The Balaban J connectivity index is 0.00000306. The van der Waals surface area contributed by atoms with Gasteiger partial charge >= 0.3 is 6.36 Å². The van der Waals surface area contributed by atoms with Crippen molar-refractivity contribution < 1.29 is 22.6 Å². The Morgan fingerprint density at radius 2 is 1.67 bits per heavy atom. The Labute approximate surface area is 196 Å². The van der Waals surface area contributed by atoms with E-state index in [4.69, 9.17) is 4.74 Å². The monoisotopic (exact) mass is 481 g/mol. The van der Waals surface area contributed by atoms with Crippen molar-refractivity contribution in [3.8, 4) is 28.6 Å². The summed E-state index contributed by atoms with van der Waals surface area (Å²) in [5.74, 6) is 1.26. The van der Waals surface area contributed by atoms with Gasteiger partial charge < -0.3 is 19.4 Å². The molecule has 0 bridgehead atoms. The number of ether oxygens (including phenoxy) is 2. The lowest BCUT2D eigenvalue weighted by molar-refractivity contribution is -0.274. The lowest BCUT2D eigenvalue weighted by atomic mass is 10.0. The fraction of sp³-hybridized carbons (Fsp3) is 0.375. The highest BCUT2D eigenvalue weighted by Crippen LogP contribution is 2.32. The van der Waals surface area contributed by atoms with Crippen LogP contribution in [0.3, 0.4) is 0 Å². The standard InChI is InChI=1S/C24H26F3N3O2.ClH/c25-24(26,27)32-19-11-9-18(10-12-19)31-23-14-21(20-8-5-13-29-20)30-22(23)16-28-15-17-6-3-1-2-4-7-17;/h5,8-14,16-17,29-30H,1-4,6-7,15H2;1H. The molecule has 1 fully saturated rings. The van der Waals surface area contributed by atoms with Crippen LogP contribution in [0.15, 0.2) is 53.7 Å². The van der Waals surface area contributed by atoms with Crippen LogP contribution in [0.5, 0.6) is 17.2 Å². The molecule has 0 aliphatic heterocycles. The van der Waals surface area contributed by atoms with Gasteiger partial charge in [-0.1, -0.05) is 25.7 Å². The molecule has 0 spiro atoms. The first kappa shape index (κ1) is 24.8. The average molecular weight is 482 g/mol. The molecule has 33 heavy (non-hydrogen) atoms. The van der Waals surface area contributed by atoms with Crippen molar-refractivity contribution in [3.63, 3.8) is 0 Å². The summed E-state index contributed by atoms with van der Waals surface area (Å²) in [7, 11) is 0. The Morgan fingerprint density at radius 3 is 2.30 bits per heavy atom. The van der Waals surface area contributed by atoms with Crippen LogP contribution < -0.4 is 9.47 Å². The number of benzene rings is 1. The third kappa shape index (κ3) is 7.32. The van der Waals surface area contributed by atoms with Gasteiger partial charge in [0, 0.05) is 25.0 Å². The second-order valence-electron chi connectivity index (χ2n) is 8.02. The van der Waals surface area contributed by atoms with E-state index >= 15 is 0 Å². The van der Waals surface area contributed by atoms with E-state index in [9.17, 15) is 13.2 Å². The zero-order valence-electron chi connectivity index (χ0n) is 18.0. The number of aromatic nitrogens is 2. The van der Waals surface area contributed by atoms with Crippen LogP contribution in [0.2, 0.25) is 0 Å². The highest BCUT2D eigenvalue weighted by molar-refractivity contribution is 5.85. The van der Waals surface area contributed by atoms with Crippen molar-refractivity contribution in [1.82, 2.24) is 9.97 Å². The van der Waals surface area contributed by atoms with Gasteiger partial charge in [0.05, 0.1) is 11.4 Å². The molecule has 2 heterocycles. The molecule has 1 aliphatic carbocycles. The molecular formula is C24H27ClF3N3O2. The van der Waals surface area contributed by atoms with Crippen LogP contribution in [0.25, 0.3) is 11.4 Å². The van der Waals surface area contributed by atoms with E-state index in [1.807, 2.05) is 24.4 Å². The van der Waals surface area contributed by atoms with Gasteiger partial charge in [-0.3, -0.25) is 4.99 Å². The molecule has 1 aromatic carbocycles. The minimum Gasteiger partial charge on any atom is -0.455 e. The third-order valence-corrected chi connectivity index (χ3v) is 5.54. The minimum atomic E-state index is -4.73. The van der Waals surface area contributed by atoms with Crippen LogP contribution in [-0.4, -0.2) is 29.1 Å². The van der Waals surface area contributed by atoms with Crippen molar-refractivity contribution in [2.45, 2.75) is 44.9 Å². The summed E-state index contributed by atoms with van der Waals surface area (Å²) in [5, 5.41) is 0. The molecule has 2 N–H and O–H groups in total. The number of nitrogens with one attached hydrogen (secondary N) is 2. The zero-order valence-corrected chi connectivity index (χ0v) is 18.8. The fourth-order valence-corrected chi connectivity index (χ4v) is 3.95. The third-order valence-electron chi connectivity index (χ3n) is 5.54. The van der Waals surface area contributed by atoms with E-state index in [2.05, 4.69) is 19.7 Å². The number of aromatic amines is 2. The highest BCUT2D eigenvalue weighted by Gasteiger charge is 2.31. The van der Waals surface area contributed by atoms with Crippen LogP contribution in [-0.2, 0) is 0 Å². The number of rotatable bonds is 7. The first-order chi connectivity index (χ1) is 15.5. The second-order valence-corrected chi connectivity index (χ2v) is 8.02. The van der Waals surface area contributed by atoms with E-state index in [-0.39, 0.29) is 18.2 Å². The quantitative estimate of drug-likeness (QED) is 0.271. The molecule has 5 nitrogen and oxygen atoms in total. The highest BCUT2D eigenvalue weighted by atomic mass is 35.5. The maximum atomic E-state index is 12.4. The van der Waals surface area contributed by atoms with Gasteiger partial charge in [0.2, 0.25) is 0 Å². The normalized spacial score (nSPS) is 15.2. The molecule has 3 aromatic rings. The molecule has 4 rings (SSSR count). The number of hydrogen-bond acceptors (Lipinski definition) is 3. The summed E-state index contributed by atoms with van der Waals surface area (Å²) in [5.41, 5.74) is 2.43. The van der Waals surface area contributed by atoms with Gasteiger partial charge in [0.1, 0.15) is 17.2 Å². The first-order valence-corrected chi connectivity index (χ1v) is 10.9. The number of alkyl halides is 3. The van der Waals surface area contributed by atoms with Crippen LogP contribution >= 0.6 is 12.4 Å². The van der Waals surface area contributed by atoms with Gasteiger partial charge in [0.15, 0.2) is 5.75 Å². The zero-order chi connectivity index (χ0) is 22.4. The van der Waals surface area contributed by atoms with Gasteiger partial charge in [0.25, 0.3) is 0 Å². The molecule has 9 heteroatoms. The molecule has 1 aliphatic rings. The molecule has 178 valence electrons. The summed E-state index contributed by atoms with van der Waals surface area (Å²) >= 11 is 0. The first-order valence-electron chi connectivity index (χ1n) is 10.9. The largest absolute Gasteiger partial charge is 0.573 e. The van der Waals surface area contributed by atoms with Gasteiger partial charge in [-0.15, -0.1) is 25.6 Å². The van der Waals surface area contributed by atoms with E-state index in [1.165, 1.54) is 62.8 Å². The molecule has 1 saturated carbocycles. The number of nitrogens with zero attached hydrogens (tertiary/aromatic N) is 1. The predicted molar refractivity (Wildman–Crippen MR) is 125 cm³/mol. The second kappa shape index (κ2) is 11.3. The molecule has 0 saturated heterocycles. The number of aliphatic imine (C=N–C) groups is 1.